The number of piperazine rings is 1. The molecule has 0 bridgehead atoms. The van der Waals surface area contributed by atoms with E-state index < -0.39 is 9.84 Å². The minimum atomic E-state index is -2.96. The van der Waals surface area contributed by atoms with Crippen molar-refractivity contribution < 1.29 is 8.42 Å². The third kappa shape index (κ3) is 3.73. The van der Waals surface area contributed by atoms with Crippen molar-refractivity contribution in [3.05, 3.63) is 29.9 Å². The lowest BCUT2D eigenvalue weighted by atomic mass is 10.0. The fraction of sp³-hybridized carbons (Fsp3) is 0.706. The summed E-state index contributed by atoms with van der Waals surface area (Å²) in [6.45, 7) is 10.5. The highest BCUT2D eigenvalue weighted by atomic mass is 32.2. The predicted molar refractivity (Wildman–Crippen MR) is 95.5 cm³/mol. The lowest BCUT2D eigenvalue weighted by molar-refractivity contribution is 0.0454. The molecule has 0 saturated carbocycles. The second-order valence-corrected chi connectivity index (χ2v) is 9.24. The molecule has 134 valence electrons. The highest BCUT2D eigenvalue weighted by Crippen LogP contribution is 2.28. The number of aryl methyl sites for hydroxylation is 1. The van der Waals surface area contributed by atoms with Crippen molar-refractivity contribution in [1.82, 2.24) is 19.4 Å². The van der Waals surface area contributed by atoms with Crippen molar-refractivity contribution in [1.29, 1.82) is 0 Å². The van der Waals surface area contributed by atoms with Gasteiger partial charge in [0.05, 0.1) is 18.1 Å². The van der Waals surface area contributed by atoms with Gasteiger partial charge in [0.25, 0.3) is 0 Å². The van der Waals surface area contributed by atoms with Crippen molar-refractivity contribution in [2.75, 3.05) is 31.1 Å². The highest BCUT2D eigenvalue weighted by molar-refractivity contribution is 7.91. The summed E-state index contributed by atoms with van der Waals surface area (Å²) in [7, 11) is -2.96. The van der Waals surface area contributed by atoms with Crippen molar-refractivity contribution in [2.45, 2.75) is 45.9 Å². The lowest BCUT2D eigenvalue weighted by Crippen LogP contribution is -2.58. The van der Waals surface area contributed by atoms with Crippen LogP contribution in [-0.2, 0) is 22.9 Å². The number of nitrogens with zero attached hydrogens (tertiary/aromatic N) is 4. The SMILES string of the molecule is CCn1ccnc1CN1CCN(CC=C(C)C)[C@@H]2CS(=O)(=O)C[C@@H]21. The largest absolute Gasteiger partial charge is 0.334 e. The smallest absolute Gasteiger partial charge is 0.153 e. The Bertz CT molecular complexity index is 706. The number of fused-ring (bicyclic) bond motifs is 1. The summed E-state index contributed by atoms with van der Waals surface area (Å²) in [5.41, 5.74) is 1.28. The molecule has 0 spiro atoms. The van der Waals surface area contributed by atoms with Gasteiger partial charge in [-0.2, -0.15) is 0 Å². The first kappa shape index (κ1) is 17.6. The first-order chi connectivity index (χ1) is 11.4. The molecule has 3 rings (SSSR count). The molecular weight excluding hydrogens is 324 g/mol. The third-order valence-corrected chi connectivity index (χ3v) is 6.83. The number of rotatable bonds is 5. The van der Waals surface area contributed by atoms with Crippen LogP contribution >= 0.6 is 0 Å². The van der Waals surface area contributed by atoms with Crippen LogP contribution in [0.1, 0.15) is 26.6 Å². The molecule has 2 aliphatic heterocycles. The van der Waals surface area contributed by atoms with Gasteiger partial charge < -0.3 is 4.57 Å². The van der Waals surface area contributed by atoms with Gasteiger partial charge in [-0.1, -0.05) is 11.6 Å². The Labute approximate surface area is 145 Å². The molecule has 1 aromatic rings. The average Bonchev–Trinajstić information content (AvgIpc) is 3.09. The number of hydrogen-bond donors (Lipinski definition) is 0. The van der Waals surface area contributed by atoms with Crippen molar-refractivity contribution in [3.63, 3.8) is 0 Å². The summed E-state index contributed by atoms with van der Waals surface area (Å²) in [5.74, 6) is 1.58. The second kappa shape index (κ2) is 6.98. The van der Waals surface area contributed by atoms with E-state index in [1.807, 2.05) is 12.4 Å². The zero-order chi connectivity index (χ0) is 17.3. The molecule has 6 nitrogen and oxygen atoms in total. The molecule has 2 fully saturated rings. The Morgan fingerprint density at radius 3 is 2.58 bits per heavy atom. The Kier molecular flexibility index (Phi) is 5.13. The summed E-state index contributed by atoms with van der Waals surface area (Å²) in [6, 6.07) is 0.181. The molecule has 0 N–H and O–H groups in total. The minimum absolute atomic E-state index is 0.0799. The first-order valence-electron chi connectivity index (χ1n) is 8.71. The van der Waals surface area contributed by atoms with E-state index in [-0.39, 0.29) is 23.6 Å². The van der Waals surface area contributed by atoms with E-state index in [9.17, 15) is 8.42 Å². The fourth-order valence-electron chi connectivity index (χ4n) is 3.78. The molecular formula is C17H28N4O2S. The molecule has 0 aromatic carbocycles. The lowest BCUT2D eigenvalue weighted by Gasteiger charge is -2.43. The highest BCUT2D eigenvalue weighted by Gasteiger charge is 2.46. The number of aromatic nitrogens is 2. The summed E-state index contributed by atoms with van der Waals surface area (Å²) in [4.78, 5) is 9.12. The van der Waals surface area contributed by atoms with Gasteiger partial charge in [0, 0.05) is 50.7 Å². The number of sulfone groups is 1. The van der Waals surface area contributed by atoms with Crippen molar-refractivity contribution in [2.24, 2.45) is 0 Å². The number of imidazole rings is 1. The van der Waals surface area contributed by atoms with Crippen LogP contribution in [-0.4, -0.2) is 71.0 Å². The van der Waals surface area contributed by atoms with Gasteiger partial charge in [0.15, 0.2) is 9.84 Å². The second-order valence-electron chi connectivity index (χ2n) is 7.09. The fourth-order valence-corrected chi connectivity index (χ4v) is 5.82. The van der Waals surface area contributed by atoms with Gasteiger partial charge >= 0.3 is 0 Å². The molecule has 1 aromatic heterocycles. The van der Waals surface area contributed by atoms with Crippen LogP contribution in [0.2, 0.25) is 0 Å². The maximum atomic E-state index is 12.3. The van der Waals surface area contributed by atoms with Gasteiger partial charge in [-0.25, -0.2) is 13.4 Å². The van der Waals surface area contributed by atoms with Crippen LogP contribution in [0.5, 0.6) is 0 Å². The standard InChI is InChI=1S/C17H28N4O2S/c1-4-19-8-6-18-17(19)11-21-10-9-20(7-5-14(2)3)15-12-24(22,23)13-16(15)21/h5-6,8,15-16H,4,7,9-13H2,1-3H3/t15-,16+/m1/s1. The monoisotopic (exact) mass is 352 g/mol. The normalized spacial score (nSPS) is 27.1. The van der Waals surface area contributed by atoms with Crippen molar-refractivity contribution >= 4 is 9.84 Å². The summed E-state index contributed by atoms with van der Waals surface area (Å²) in [6.07, 6.45) is 6.01. The van der Waals surface area contributed by atoms with Crippen molar-refractivity contribution in [3.8, 4) is 0 Å². The number of hydrogen-bond acceptors (Lipinski definition) is 5. The number of allylic oxidation sites excluding steroid dienone is 1. The van der Waals surface area contributed by atoms with E-state index >= 15 is 0 Å². The van der Waals surface area contributed by atoms with Crippen LogP contribution in [0.4, 0.5) is 0 Å². The van der Waals surface area contributed by atoms with Gasteiger partial charge in [0.2, 0.25) is 0 Å². The zero-order valence-corrected chi connectivity index (χ0v) is 15.7. The van der Waals surface area contributed by atoms with E-state index in [1.54, 1.807) is 0 Å². The molecule has 2 aliphatic rings. The van der Waals surface area contributed by atoms with E-state index in [2.05, 4.69) is 46.2 Å². The van der Waals surface area contributed by atoms with E-state index in [0.717, 1.165) is 38.5 Å². The summed E-state index contributed by atoms with van der Waals surface area (Å²) in [5, 5.41) is 0. The quantitative estimate of drug-likeness (QED) is 0.744. The van der Waals surface area contributed by atoms with Gasteiger partial charge in [0.1, 0.15) is 5.82 Å². The summed E-state index contributed by atoms with van der Waals surface area (Å²) < 4.78 is 26.7. The van der Waals surface area contributed by atoms with Crippen LogP contribution in [0.15, 0.2) is 24.0 Å². The van der Waals surface area contributed by atoms with Crippen LogP contribution in [0, 0.1) is 0 Å². The summed E-state index contributed by atoms with van der Waals surface area (Å²) >= 11 is 0. The Balaban J connectivity index is 1.78. The van der Waals surface area contributed by atoms with Crippen LogP contribution in [0.3, 0.4) is 0 Å². The predicted octanol–water partition coefficient (Wildman–Crippen LogP) is 1.15. The third-order valence-electron chi connectivity index (χ3n) is 5.13. The van der Waals surface area contributed by atoms with Gasteiger partial charge in [-0.3, -0.25) is 9.80 Å². The first-order valence-corrected chi connectivity index (χ1v) is 10.5. The molecule has 0 amide bonds. The molecule has 0 radical (unpaired) electrons. The Morgan fingerprint density at radius 2 is 1.92 bits per heavy atom. The van der Waals surface area contributed by atoms with Crippen LogP contribution in [0.25, 0.3) is 0 Å². The van der Waals surface area contributed by atoms with E-state index in [0.29, 0.717) is 0 Å². The van der Waals surface area contributed by atoms with Crippen LogP contribution < -0.4 is 0 Å². The minimum Gasteiger partial charge on any atom is -0.334 e. The molecule has 0 aliphatic carbocycles. The molecule has 2 atom stereocenters. The maximum absolute atomic E-state index is 12.3. The molecule has 2 saturated heterocycles. The molecule has 7 heteroatoms. The Hall–Kier alpha value is -1.18. The average molecular weight is 353 g/mol. The van der Waals surface area contributed by atoms with E-state index in [4.69, 9.17) is 0 Å². The topological polar surface area (TPSA) is 58.4 Å². The Morgan fingerprint density at radius 1 is 1.25 bits per heavy atom. The zero-order valence-electron chi connectivity index (χ0n) is 14.9. The molecule has 0 unspecified atom stereocenters. The molecule has 24 heavy (non-hydrogen) atoms. The molecule has 3 heterocycles. The van der Waals surface area contributed by atoms with Gasteiger partial charge in [-0.05, 0) is 20.8 Å². The maximum Gasteiger partial charge on any atom is 0.153 e. The van der Waals surface area contributed by atoms with Gasteiger partial charge in [-0.15, -0.1) is 0 Å². The van der Waals surface area contributed by atoms with E-state index in [1.165, 1.54) is 5.57 Å².